The van der Waals surface area contributed by atoms with Gasteiger partial charge in [-0.15, -0.1) is 0 Å². The van der Waals surface area contributed by atoms with E-state index in [-0.39, 0.29) is 13.0 Å². The van der Waals surface area contributed by atoms with Crippen molar-refractivity contribution in [2.75, 3.05) is 13.7 Å². The molecule has 0 saturated carbocycles. The van der Waals surface area contributed by atoms with E-state index in [1.165, 1.54) is 6.07 Å². The van der Waals surface area contributed by atoms with Gasteiger partial charge in [-0.25, -0.2) is 4.39 Å². The topological polar surface area (TPSA) is 109 Å². The van der Waals surface area contributed by atoms with Gasteiger partial charge in [0.2, 0.25) is 5.79 Å². The van der Waals surface area contributed by atoms with Crippen LogP contribution in [0.15, 0.2) is 36.4 Å². The molecule has 7 nitrogen and oxygen atoms in total. The molecule has 29 heavy (non-hydrogen) atoms. The number of halogens is 1. The Morgan fingerprint density at radius 2 is 1.86 bits per heavy atom. The predicted octanol–water partition coefficient (Wildman–Crippen LogP) is 0.582. The highest BCUT2D eigenvalue weighted by Gasteiger charge is 2.58. The molecule has 2 aromatic rings. The summed E-state index contributed by atoms with van der Waals surface area (Å²) in [4.78, 5) is 0. The van der Waals surface area contributed by atoms with Crippen LogP contribution in [0.5, 0.6) is 5.75 Å². The van der Waals surface area contributed by atoms with Gasteiger partial charge in [0.15, 0.2) is 0 Å². The fourth-order valence-electron chi connectivity index (χ4n) is 3.95. The summed E-state index contributed by atoms with van der Waals surface area (Å²) in [5, 5.41) is 40.4. The van der Waals surface area contributed by atoms with Gasteiger partial charge in [0, 0.05) is 12.0 Å². The van der Waals surface area contributed by atoms with Crippen molar-refractivity contribution in [3.63, 3.8) is 0 Å². The van der Waals surface area contributed by atoms with Crippen LogP contribution in [-0.4, -0.2) is 58.6 Å². The molecule has 0 aromatic heterocycles. The van der Waals surface area contributed by atoms with Crippen molar-refractivity contribution >= 4 is 0 Å². The lowest BCUT2D eigenvalue weighted by atomic mass is 9.86. The maximum atomic E-state index is 14.7. The van der Waals surface area contributed by atoms with Gasteiger partial charge in [0.25, 0.3) is 0 Å². The third kappa shape index (κ3) is 3.31. The van der Waals surface area contributed by atoms with Crippen molar-refractivity contribution in [1.82, 2.24) is 0 Å². The van der Waals surface area contributed by atoms with Crippen molar-refractivity contribution in [3.8, 4) is 5.75 Å². The Kier molecular flexibility index (Phi) is 5.32. The lowest BCUT2D eigenvalue weighted by Gasteiger charge is -2.46. The lowest BCUT2D eigenvalue weighted by molar-refractivity contribution is -0.368. The molecule has 1 saturated heterocycles. The van der Waals surface area contributed by atoms with Crippen LogP contribution in [-0.2, 0) is 28.3 Å². The maximum absolute atomic E-state index is 14.7. The molecule has 8 heteroatoms. The van der Waals surface area contributed by atoms with E-state index >= 15 is 0 Å². The molecular weight excluding hydrogens is 383 g/mol. The highest BCUT2D eigenvalue weighted by Crippen LogP contribution is 2.46. The van der Waals surface area contributed by atoms with Crippen LogP contribution in [0.4, 0.5) is 4.39 Å². The number of ether oxygens (including phenoxy) is 3. The molecule has 0 unspecified atom stereocenters. The monoisotopic (exact) mass is 406 g/mol. The molecule has 0 bridgehead atoms. The van der Waals surface area contributed by atoms with E-state index in [4.69, 9.17) is 14.2 Å². The number of aliphatic hydroxyl groups is 4. The standard InChI is InChI=1S/C21H23FO7/c1-27-14-4-2-11(3-5-14)6-12-7-15-13(8-16(12)22)10-28-21(15)20(26)19(25)18(24)17(9-23)29-21/h2-5,7-8,17-20,23-26H,6,9-10H2,1H3/t17-,18-,19+,20-,21+/m1/s1. The van der Waals surface area contributed by atoms with Gasteiger partial charge >= 0.3 is 0 Å². The molecule has 0 amide bonds. The second-order valence-electron chi connectivity index (χ2n) is 7.35. The molecule has 2 aliphatic heterocycles. The summed E-state index contributed by atoms with van der Waals surface area (Å²) >= 11 is 0. The summed E-state index contributed by atoms with van der Waals surface area (Å²) in [5.41, 5.74) is 2.06. The van der Waals surface area contributed by atoms with E-state index in [1.54, 1.807) is 25.3 Å². The number of hydrogen-bond acceptors (Lipinski definition) is 7. The van der Waals surface area contributed by atoms with Crippen LogP contribution >= 0.6 is 0 Å². The molecule has 1 fully saturated rings. The summed E-state index contributed by atoms with van der Waals surface area (Å²) in [6, 6.07) is 10.1. The van der Waals surface area contributed by atoms with E-state index in [0.717, 1.165) is 5.56 Å². The zero-order valence-corrected chi connectivity index (χ0v) is 15.8. The van der Waals surface area contributed by atoms with Gasteiger partial charge in [0.05, 0.1) is 20.3 Å². The highest BCUT2D eigenvalue weighted by molar-refractivity contribution is 5.42. The van der Waals surface area contributed by atoms with Gasteiger partial charge in [-0.2, -0.15) is 0 Å². The predicted molar refractivity (Wildman–Crippen MR) is 98.6 cm³/mol. The molecule has 0 aliphatic carbocycles. The highest BCUT2D eigenvalue weighted by atomic mass is 19.1. The van der Waals surface area contributed by atoms with Gasteiger partial charge in [-0.3, -0.25) is 0 Å². The Hall–Kier alpha value is -2.07. The minimum Gasteiger partial charge on any atom is -0.497 e. The minimum atomic E-state index is -1.79. The fourth-order valence-corrected chi connectivity index (χ4v) is 3.95. The van der Waals surface area contributed by atoms with Crippen molar-refractivity contribution in [2.24, 2.45) is 0 Å². The minimum absolute atomic E-state index is 0.0346. The Balaban J connectivity index is 1.71. The van der Waals surface area contributed by atoms with Crippen LogP contribution in [0.1, 0.15) is 22.3 Å². The van der Waals surface area contributed by atoms with Crippen LogP contribution in [0.2, 0.25) is 0 Å². The largest absolute Gasteiger partial charge is 0.497 e. The first-order chi connectivity index (χ1) is 13.9. The molecule has 2 aliphatic rings. The molecule has 5 atom stereocenters. The van der Waals surface area contributed by atoms with Gasteiger partial charge in [-0.05, 0) is 41.0 Å². The number of aliphatic hydroxyl groups excluding tert-OH is 4. The van der Waals surface area contributed by atoms with E-state index < -0.39 is 42.6 Å². The number of rotatable bonds is 4. The van der Waals surface area contributed by atoms with Crippen molar-refractivity contribution in [3.05, 3.63) is 64.5 Å². The summed E-state index contributed by atoms with van der Waals surface area (Å²) in [6.07, 6.45) is -5.56. The average molecular weight is 406 g/mol. The van der Waals surface area contributed by atoms with Crippen LogP contribution in [0, 0.1) is 5.82 Å². The van der Waals surface area contributed by atoms with E-state index in [9.17, 15) is 24.8 Å². The Bertz CT molecular complexity index is 885. The van der Waals surface area contributed by atoms with Gasteiger partial charge in [0.1, 0.15) is 36.0 Å². The summed E-state index contributed by atoms with van der Waals surface area (Å²) < 4.78 is 31.2. The zero-order valence-electron chi connectivity index (χ0n) is 15.8. The zero-order chi connectivity index (χ0) is 20.8. The van der Waals surface area contributed by atoms with E-state index in [0.29, 0.717) is 22.4 Å². The average Bonchev–Trinajstić information content (AvgIpc) is 3.08. The summed E-state index contributed by atoms with van der Waals surface area (Å²) in [7, 11) is 1.56. The van der Waals surface area contributed by atoms with Crippen LogP contribution in [0.25, 0.3) is 0 Å². The molecule has 0 radical (unpaired) electrons. The molecular formula is C21H23FO7. The summed E-state index contributed by atoms with van der Waals surface area (Å²) in [6.45, 7) is -0.613. The van der Waals surface area contributed by atoms with Crippen molar-refractivity contribution in [1.29, 1.82) is 0 Å². The van der Waals surface area contributed by atoms with Gasteiger partial charge < -0.3 is 34.6 Å². The Morgan fingerprint density at radius 1 is 1.14 bits per heavy atom. The summed E-state index contributed by atoms with van der Waals surface area (Å²) in [5.74, 6) is -1.52. The third-order valence-corrected chi connectivity index (χ3v) is 5.59. The van der Waals surface area contributed by atoms with Crippen molar-refractivity contribution < 1.29 is 39.0 Å². The van der Waals surface area contributed by atoms with E-state index in [2.05, 4.69) is 0 Å². The second-order valence-corrected chi connectivity index (χ2v) is 7.35. The first-order valence-electron chi connectivity index (χ1n) is 9.31. The number of hydrogen-bond donors (Lipinski definition) is 4. The molecule has 4 N–H and O–H groups in total. The van der Waals surface area contributed by atoms with Crippen LogP contribution in [0.3, 0.4) is 0 Å². The first-order valence-corrected chi connectivity index (χ1v) is 9.31. The van der Waals surface area contributed by atoms with Crippen LogP contribution < -0.4 is 4.74 Å². The number of benzene rings is 2. The number of methoxy groups -OCH3 is 1. The lowest BCUT2D eigenvalue weighted by Crippen LogP contribution is -2.63. The molecule has 4 rings (SSSR count). The maximum Gasteiger partial charge on any atom is 0.225 e. The number of fused-ring (bicyclic) bond motifs is 2. The SMILES string of the molecule is COc1ccc(Cc2cc3c(cc2F)CO[C@]32O[C@H](CO)[C@@H](O)[C@H](O)[C@H]2O)cc1. The molecule has 1 spiro atoms. The second kappa shape index (κ2) is 7.64. The quantitative estimate of drug-likeness (QED) is 0.588. The normalized spacial score (nSPS) is 31.1. The molecule has 2 aromatic carbocycles. The molecule has 2 heterocycles. The first kappa shape index (κ1) is 20.2. The Morgan fingerprint density at radius 3 is 2.52 bits per heavy atom. The van der Waals surface area contributed by atoms with Gasteiger partial charge in [-0.1, -0.05) is 12.1 Å². The third-order valence-electron chi connectivity index (χ3n) is 5.59. The Labute approximate surface area is 166 Å². The van der Waals surface area contributed by atoms with E-state index in [1.807, 2.05) is 12.1 Å². The smallest absolute Gasteiger partial charge is 0.225 e. The molecule has 156 valence electrons. The van der Waals surface area contributed by atoms with Crippen molar-refractivity contribution in [2.45, 2.75) is 43.2 Å². The fraction of sp³-hybridized carbons (Fsp3) is 0.429.